The number of carboxylic acid groups (broad SMARTS) is 1. The highest BCUT2D eigenvalue weighted by Gasteiger charge is 2.56. The van der Waals surface area contributed by atoms with Crippen molar-refractivity contribution in [2.75, 3.05) is 68.0 Å². The van der Waals surface area contributed by atoms with Crippen LogP contribution in [-0.4, -0.2) is 137 Å². The van der Waals surface area contributed by atoms with Crippen molar-refractivity contribution in [1.82, 2.24) is 34.4 Å². The zero-order chi connectivity index (χ0) is 44.4. The number of ether oxygens (including phenoxy) is 1. The molecule has 1 N–H and O–H groups in total. The molecule has 3 heterocycles. The van der Waals surface area contributed by atoms with Crippen LogP contribution in [0.25, 0.3) is 0 Å². The Balaban J connectivity index is 0.000000175. The van der Waals surface area contributed by atoms with Crippen LogP contribution in [0.4, 0.5) is 9.59 Å². The number of aromatic nitrogens is 1. The fourth-order valence-electron chi connectivity index (χ4n) is 12.0. The van der Waals surface area contributed by atoms with Gasteiger partial charge in [-0.15, -0.1) is 0 Å². The molecule has 0 radical (unpaired) electrons. The number of aliphatic carboxylic acids is 1. The molecule has 2 saturated heterocycles. The molecule has 6 aliphatic rings. The van der Waals surface area contributed by atoms with Crippen molar-refractivity contribution in [3.8, 4) is 5.75 Å². The predicted molar refractivity (Wildman–Crippen MR) is 245 cm³/mol. The molecular formula is C51H71N7O5. The molecule has 340 valence electrons. The molecule has 0 bridgehead atoms. The minimum Gasteiger partial charge on any atom is -0.495 e. The molecule has 2 aliphatic heterocycles. The largest absolute Gasteiger partial charge is 0.495 e. The first-order valence-corrected chi connectivity index (χ1v) is 23.6. The van der Waals surface area contributed by atoms with E-state index in [-0.39, 0.29) is 40.8 Å². The Morgan fingerprint density at radius 3 is 1.48 bits per heavy atom. The Hall–Kier alpha value is -4.68. The minimum atomic E-state index is -0.929. The molecule has 63 heavy (non-hydrogen) atoms. The molecule has 6 fully saturated rings. The Kier molecular flexibility index (Phi) is 13.1. The maximum Gasteiger partial charge on any atom is 0.323 e. The van der Waals surface area contributed by atoms with Crippen LogP contribution in [0.2, 0.25) is 0 Å². The van der Waals surface area contributed by atoms with Crippen LogP contribution in [0.1, 0.15) is 107 Å². The lowest BCUT2D eigenvalue weighted by molar-refractivity contribution is -0.137. The number of hydrogen-bond acceptors (Lipinski definition) is 7. The van der Waals surface area contributed by atoms with Crippen molar-refractivity contribution in [3.05, 3.63) is 95.8 Å². The van der Waals surface area contributed by atoms with E-state index in [2.05, 4.69) is 113 Å². The van der Waals surface area contributed by atoms with Gasteiger partial charge in [0, 0.05) is 37.3 Å². The van der Waals surface area contributed by atoms with Gasteiger partial charge in [-0.2, -0.15) is 0 Å². The van der Waals surface area contributed by atoms with Crippen molar-refractivity contribution >= 4 is 18.0 Å². The average molecular weight is 862 g/mol. The quantitative estimate of drug-likeness (QED) is 0.183. The number of urea groups is 2. The van der Waals surface area contributed by atoms with E-state index in [1.165, 1.54) is 49.7 Å². The molecule has 4 saturated carbocycles. The second-order valence-electron chi connectivity index (χ2n) is 20.2. The normalized spacial score (nSPS) is 28.7. The van der Waals surface area contributed by atoms with Crippen LogP contribution in [0.5, 0.6) is 5.75 Å². The van der Waals surface area contributed by atoms with Crippen LogP contribution in [0.3, 0.4) is 0 Å². The van der Waals surface area contributed by atoms with Gasteiger partial charge in [-0.3, -0.25) is 19.6 Å². The van der Waals surface area contributed by atoms with Gasteiger partial charge in [-0.25, -0.2) is 9.59 Å². The lowest BCUT2D eigenvalue weighted by atomic mass is 9.68. The highest BCUT2D eigenvalue weighted by molar-refractivity contribution is 5.83. The summed E-state index contributed by atoms with van der Waals surface area (Å²) in [6.07, 6.45) is 17.1. The molecule has 9 rings (SSSR count). The third kappa shape index (κ3) is 8.78. The predicted octanol–water partition coefficient (Wildman–Crippen LogP) is 8.28. The number of carbonyl (C=O) groups is 3. The summed E-state index contributed by atoms with van der Waals surface area (Å²) in [6, 6.07) is 25.6. The van der Waals surface area contributed by atoms with Gasteiger partial charge in [0.05, 0.1) is 36.6 Å². The molecule has 3 aromatic rings. The lowest BCUT2D eigenvalue weighted by Gasteiger charge is -2.51. The van der Waals surface area contributed by atoms with E-state index in [1.54, 1.807) is 18.2 Å². The van der Waals surface area contributed by atoms with Gasteiger partial charge >= 0.3 is 18.0 Å². The van der Waals surface area contributed by atoms with Crippen LogP contribution in [0.15, 0.2) is 79.0 Å². The van der Waals surface area contributed by atoms with Gasteiger partial charge < -0.3 is 29.4 Å². The molecule has 2 aromatic carbocycles. The number of nitrogens with zero attached hydrogens (tertiary/aromatic N) is 7. The number of rotatable bonds is 13. The summed E-state index contributed by atoms with van der Waals surface area (Å²) in [5.74, 6) is 1.05. The van der Waals surface area contributed by atoms with Crippen LogP contribution < -0.4 is 4.74 Å². The molecular weight excluding hydrogens is 791 g/mol. The Bertz CT molecular complexity index is 2020. The number of benzene rings is 2. The van der Waals surface area contributed by atoms with Crippen LogP contribution in [0, 0.1) is 11.8 Å². The van der Waals surface area contributed by atoms with Crippen LogP contribution in [-0.2, 0) is 22.4 Å². The Morgan fingerprint density at radius 1 is 0.667 bits per heavy atom. The SMILES string of the molecule is CN(C)C1(c2ccccc2)CCC2(CC1)CN(CC(=O)O)C(=O)N2CC1CCC1.COc1ccc(CN2CC3(CCC(c4ccccc4)(N(C)C)CC3)N(CC3CCC3)C2=O)nc1. The second kappa shape index (κ2) is 18.4. The van der Waals surface area contributed by atoms with Crippen molar-refractivity contribution < 1.29 is 24.2 Å². The Morgan fingerprint density at radius 2 is 1.11 bits per heavy atom. The zero-order valence-electron chi connectivity index (χ0n) is 38.5. The maximum absolute atomic E-state index is 13.7. The van der Waals surface area contributed by atoms with Gasteiger partial charge in [-0.1, -0.05) is 73.5 Å². The number of amides is 4. The average Bonchev–Trinajstić information content (AvgIpc) is 3.65. The molecule has 0 unspecified atom stereocenters. The minimum absolute atomic E-state index is 0.0298. The molecule has 4 amide bonds. The Labute approximate surface area is 375 Å². The molecule has 1 aromatic heterocycles. The zero-order valence-corrected chi connectivity index (χ0v) is 38.5. The molecule has 12 heteroatoms. The molecule has 12 nitrogen and oxygen atoms in total. The van der Waals surface area contributed by atoms with Gasteiger partial charge in [0.25, 0.3) is 0 Å². The van der Waals surface area contributed by atoms with Crippen molar-refractivity contribution in [2.24, 2.45) is 11.8 Å². The fraction of sp³-hybridized carbons (Fsp3) is 0.608. The summed E-state index contributed by atoms with van der Waals surface area (Å²) in [6.45, 7) is 3.40. The lowest BCUT2D eigenvalue weighted by Crippen LogP contribution is -2.56. The van der Waals surface area contributed by atoms with E-state index in [9.17, 15) is 19.5 Å². The van der Waals surface area contributed by atoms with Crippen molar-refractivity contribution in [2.45, 2.75) is 119 Å². The first-order chi connectivity index (χ1) is 30.3. The number of hydrogen-bond donors (Lipinski definition) is 1. The first kappa shape index (κ1) is 44.9. The molecule has 2 spiro atoms. The van der Waals surface area contributed by atoms with E-state index < -0.39 is 5.97 Å². The first-order valence-electron chi connectivity index (χ1n) is 23.6. The molecule has 0 atom stereocenters. The summed E-state index contributed by atoms with van der Waals surface area (Å²) in [5, 5.41) is 9.29. The van der Waals surface area contributed by atoms with Crippen LogP contribution >= 0.6 is 0 Å². The monoisotopic (exact) mass is 862 g/mol. The van der Waals surface area contributed by atoms with E-state index in [0.717, 1.165) is 82.4 Å². The fourth-order valence-corrected chi connectivity index (χ4v) is 12.0. The smallest absolute Gasteiger partial charge is 0.323 e. The van der Waals surface area contributed by atoms with E-state index in [4.69, 9.17) is 4.74 Å². The second-order valence-corrected chi connectivity index (χ2v) is 20.2. The number of carboxylic acids is 1. The standard InChI is InChI=1S/C28H38N4O2.C23H33N3O3/c1-30(2)28(23-10-5-4-6-11-23)16-14-27(15-17-28)21-31(20-24-12-13-25(34-3)18-29-24)26(33)32(27)19-22-8-7-9-22;1-24(2)23(19-9-4-3-5-10-19)13-11-22(12-14-23)17-25(16-20(27)28)21(29)26(22)15-18-7-6-8-18/h4-6,10-13,18,22H,7-9,14-17,19-21H2,1-3H3;3-5,9-10,18H,6-8,11-17H2,1-2H3,(H,27,28). The van der Waals surface area contributed by atoms with E-state index in [0.29, 0.717) is 24.9 Å². The molecule has 4 aliphatic carbocycles. The van der Waals surface area contributed by atoms with Crippen molar-refractivity contribution in [1.29, 1.82) is 0 Å². The number of methoxy groups -OCH3 is 1. The van der Waals surface area contributed by atoms with E-state index in [1.807, 2.05) is 17.0 Å². The van der Waals surface area contributed by atoms with Gasteiger partial charge in [0.2, 0.25) is 0 Å². The van der Waals surface area contributed by atoms with Gasteiger partial charge in [-0.05, 0) is 140 Å². The van der Waals surface area contributed by atoms with Crippen molar-refractivity contribution in [3.63, 3.8) is 0 Å². The summed E-state index contributed by atoms with van der Waals surface area (Å²) < 4.78 is 5.25. The maximum atomic E-state index is 13.7. The summed E-state index contributed by atoms with van der Waals surface area (Å²) in [4.78, 5) is 55.4. The highest BCUT2D eigenvalue weighted by Crippen LogP contribution is 2.51. The summed E-state index contributed by atoms with van der Waals surface area (Å²) >= 11 is 0. The topological polar surface area (TPSA) is 113 Å². The third-order valence-corrected chi connectivity index (χ3v) is 16.5. The van der Waals surface area contributed by atoms with Gasteiger partial charge in [0.15, 0.2) is 0 Å². The number of carbonyl (C=O) groups excluding carboxylic acids is 2. The number of pyridine rings is 1. The highest BCUT2D eigenvalue weighted by atomic mass is 16.5. The van der Waals surface area contributed by atoms with Gasteiger partial charge in [0.1, 0.15) is 12.3 Å². The van der Waals surface area contributed by atoms with E-state index >= 15 is 0 Å². The summed E-state index contributed by atoms with van der Waals surface area (Å²) in [5.41, 5.74) is 3.34. The summed E-state index contributed by atoms with van der Waals surface area (Å²) in [7, 11) is 10.4. The third-order valence-electron chi connectivity index (χ3n) is 16.5.